The first-order valence-corrected chi connectivity index (χ1v) is 8.05. The second-order valence-corrected chi connectivity index (χ2v) is 6.07. The monoisotopic (exact) mass is 364 g/mol. The van der Waals surface area contributed by atoms with E-state index < -0.39 is 24.5 Å². The Hall–Kier alpha value is -1.30. The minimum absolute atomic E-state index is 0.245. The molecule has 2 aliphatic rings. The van der Waals surface area contributed by atoms with Crippen LogP contribution in [0.25, 0.3) is 0 Å². The second-order valence-electron chi connectivity index (χ2n) is 6.07. The molecule has 0 unspecified atom stereocenters. The maximum absolute atomic E-state index is 10.3. The van der Waals surface area contributed by atoms with Gasteiger partial charge in [0.1, 0.15) is 13.2 Å². The van der Waals surface area contributed by atoms with Crippen LogP contribution in [0.15, 0.2) is 0 Å². The van der Waals surface area contributed by atoms with Crippen LogP contribution in [0.3, 0.4) is 0 Å². The van der Waals surface area contributed by atoms with Gasteiger partial charge >= 0.3 is 11.9 Å². The van der Waals surface area contributed by atoms with Gasteiger partial charge in [-0.25, -0.2) is 9.59 Å². The predicted octanol–water partition coefficient (Wildman–Crippen LogP) is -0.299. The molecule has 25 heavy (non-hydrogen) atoms. The highest BCUT2D eigenvalue weighted by Gasteiger charge is 2.41. The van der Waals surface area contributed by atoms with Crippen molar-refractivity contribution in [3.8, 4) is 0 Å². The minimum Gasteiger partial charge on any atom is -0.480 e. The van der Waals surface area contributed by atoms with Crippen LogP contribution in [-0.4, -0.2) is 87.6 Å². The van der Waals surface area contributed by atoms with Gasteiger partial charge in [-0.15, -0.1) is 0 Å². The van der Waals surface area contributed by atoms with Crippen LogP contribution in [0.5, 0.6) is 0 Å². The summed E-state index contributed by atoms with van der Waals surface area (Å²) in [6.45, 7) is 1.48. The van der Waals surface area contributed by atoms with Gasteiger partial charge in [0.25, 0.3) is 0 Å². The van der Waals surface area contributed by atoms with Crippen LogP contribution in [0.1, 0.15) is 12.8 Å². The molecule has 2 rings (SSSR count). The summed E-state index contributed by atoms with van der Waals surface area (Å²) in [5.41, 5.74) is -0.364. The molecule has 2 saturated heterocycles. The molecule has 0 aromatic heterocycles. The summed E-state index contributed by atoms with van der Waals surface area (Å²) in [5, 5.41) is 17.0. The summed E-state index contributed by atoms with van der Waals surface area (Å²) >= 11 is 0. The van der Waals surface area contributed by atoms with Crippen molar-refractivity contribution in [2.24, 2.45) is 5.41 Å². The van der Waals surface area contributed by atoms with Gasteiger partial charge in [-0.05, 0) is 0 Å². The number of aliphatic carboxylic acids is 2. The molecule has 0 saturated carbocycles. The molecule has 2 heterocycles. The molecule has 0 amide bonds. The van der Waals surface area contributed by atoms with Crippen molar-refractivity contribution >= 4 is 11.9 Å². The third-order valence-corrected chi connectivity index (χ3v) is 3.75. The average molecular weight is 364 g/mol. The summed E-state index contributed by atoms with van der Waals surface area (Å²) < 4.78 is 32.5. The zero-order valence-corrected chi connectivity index (χ0v) is 13.9. The minimum atomic E-state index is -1.01. The van der Waals surface area contributed by atoms with E-state index in [9.17, 15) is 9.59 Å². The molecule has 0 aromatic carbocycles. The van der Waals surface area contributed by atoms with Crippen molar-refractivity contribution in [2.45, 2.75) is 25.4 Å². The molecular weight excluding hydrogens is 340 g/mol. The molecule has 0 aliphatic carbocycles. The summed E-state index contributed by atoms with van der Waals surface area (Å²) in [6.07, 6.45) is 0.0478. The summed E-state index contributed by atoms with van der Waals surface area (Å²) in [5.74, 6) is -2.02. The van der Waals surface area contributed by atoms with Gasteiger partial charge in [-0.2, -0.15) is 0 Å². The normalized spacial score (nSPS) is 29.6. The van der Waals surface area contributed by atoms with Crippen LogP contribution in [0.2, 0.25) is 0 Å². The third-order valence-electron chi connectivity index (χ3n) is 3.75. The van der Waals surface area contributed by atoms with Crippen molar-refractivity contribution in [2.75, 3.05) is 52.9 Å². The lowest BCUT2D eigenvalue weighted by Gasteiger charge is -2.43. The molecule has 0 radical (unpaired) electrons. The standard InChI is InChI=1S/C15H24O10/c16-11(17)5-20-3-1-13-22-7-15(8-23-13)9-24-14(25-10-15)2-4-21-6-12(18)19/h13-14H,1-10H2,(H,16,17)(H,18,19). The first-order chi connectivity index (χ1) is 12.0. The molecule has 10 nitrogen and oxygen atoms in total. The van der Waals surface area contributed by atoms with E-state index >= 15 is 0 Å². The first kappa shape index (κ1) is 20.0. The zero-order chi connectivity index (χ0) is 18.1. The zero-order valence-electron chi connectivity index (χ0n) is 13.9. The van der Waals surface area contributed by atoms with Gasteiger partial charge in [-0.1, -0.05) is 0 Å². The second kappa shape index (κ2) is 10.00. The van der Waals surface area contributed by atoms with Crippen molar-refractivity contribution in [3.05, 3.63) is 0 Å². The lowest BCUT2D eigenvalue weighted by atomic mass is 9.90. The summed E-state index contributed by atoms with van der Waals surface area (Å²) in [7, 11) is 0. The summed E-state index contributed by atoms with van der Waals surface area (Å²) in [4.78, 5) is 20.7. The Morgan fingerprint density at radius 2 is 1.16 bits per heavy atom. The molecular formula is C15H24O10. The fraction of sp³-hybridized carbons (Fsp3) is 0.867. The Morgan fingerprint density at radius 1 is 0.800 bits per heavy atom. The van der Waals surface area contributed by atoms with Gasteiger partial charge in [0, 0.05) is 12.8 Å². The fourth-order valence-corrected chi connectivity index (χ4v) is 2.44. The summed E-state index contributed by atoms with van der Waals surface area (Å²) in [6, 6.07) is 0. The highest BCUT2D eigenvalue weighted by Crippen LogP contribution is 2.31. The Bertz CT molecular complexity index is 381. The van der Waals surface area contributed by atoms with Crippen molar-refractivity contribution in [1.82, 2.24) is 0 Å². The maximum Gasteiger partial charge on any atom is 0.329 e. The lowest BCUT2D eigenvalue weighted by molar-refractivity contribution is -0.305. The van der Waals surface area contributed by atoms with E-state index in [1.54, 1.807) is 0 Å². The van der Waals surface area contributed by atoms with Gasteiger partial charge in [0.2, 0.25) is 0 Å². The SMILES string of the molecule is O=C(O)COCCC1OCC2(CO1)COC(CCOCC(=O)O)OC2. The Kier molecular flexibility index (Phi) is 8.00. The van der Waals surface area contributed by atoms with Crippen LogP contribution >= 0.6 is 0 Å². The van der Waals surface area contributed by atoms with Gasteiger partial charge in [0.05, 0.1) is 45.1 Å². The highest BCUT2D eigenvalue weighted by atomic mass is 16.7. The van der Waals surface area contributed by atoms with Crippen molar-refractivity contribution < 1.29 is 48.2 Å². The predicted molar refractivity (Wildman–Crippen MR) is 80.0 cm³/mol. The average Bonchev–Trinajstić information content (AvgIpc) is 2.59. The number of carboxylic acid groups (broad SMARTS) is 2. The maximum atomic E-state index is 10.3. The van der Waals surface area contributed by atoms with E-state index in [4.69, 9.17) is 38.6 Å². The molecule has 10 heteroatoms. The number of hydrogen-bond donors (Lipinski definition) is 2. The molecule has 2 N–H and O–H groups in total. The van der Waals surface area contributed by atoms with Gasteiger partial charge in [0.15, 0.2) is 12.6 Å². The molecule has 144 valence electrons. The van der Waals surface area contributed by atoms with E-state index in [0.29, 0.717) is 39.3 Å². The number of carbonyl (C=O) groups is 2. The lowest BCUT2D eigenvalue weighted by Crippen LogP contribution is -2.52. The first-order valence-electron chi connectivity index (χ1n) is 8.05. The Balaban J connectivity index is 1.57. The number of rotatable bonds is 10. The molecule has 0 aromatic rings. The number of carboxylic acids is 2. The van der Waals surface area contributed by atoms with E-state index in [1.807, 2.05) is 0 Å². The molecule has 1 spiro atoms. The Morgan fingerprint density at radius 3 is 1.48 bits per heavy atom. The Labute approximate surface area is 144 Å². The van der Waals surface area contributed by atoms with Crippen LogP contribution in [-0.2, 0) is 38.0 Å². The molecule has 0 bridgehead atoms. The van der Waals surface area contributed by atoms with Crippen LogP contribution < -0.4 is 0 Å². The topological polar surface area (TPSA) is 130 Å². The fourth-order valence-electron chi connectivity index (χ4n) is 2.44. The van der Waals surface area contributed by atoms with E-state index in [2.05, 4.69) is 0 Å². The van der Waals surface area contributed by atoms with Crippen molar-refractivity contribution in [1.29, 1.82) is 0 Å². The van der Waals surface area contributed by atoms with E-state index in [-0.39, 0.29) is 31.8 Å². The largest absolute Gasteiger partial charge is 0.480 e. The quantitative estimate of drug-likeness (QED) is 0.498. The van der Waals surface area contributed by atoms with Gasteiger partial charge in [-0.3, -0.25) is 0 Å². The number of hydrogen-bond acceptors (Lipinski definition) is 8. The molecule has 2 fully saturated rings. The highest BCUT2D eigenvalue weighted by molar-refractivity contribution is 5.68. The third kappa shape index (κ3) is 7.22. The van der Waals surface area contributed by atoms with Crippen LogP contribution in [0.4, 0.5) is 0 Å². The van der Waals surface area contributed by atoms with Crippen LogP contribution in [0, 0.1) is 5.41 Å². The van der Waals surface area contributed by atoms with Crippen molar-refractivity contribution in [3.63, 3.8) is 0 Å². The van der Waals surface area contributed by atoms with E-state index in [0.717, 1.165) is 0 Å². The van der Waals surface area contributed by atoms with Gasteiger partial charge < -0.3 is 38.6 Å². The van der Waals surface area contributed by atoms with E-state index in [1.165, 1.54) is 0 Å². The smallest absolute Gasteiger partial charge is 0.329 e. The molecule has 2 aliphatic heterocycles. The number of ether oxygens (including phenoxy) is 6. The molecule has 0 atom stereocenters.